The molecule has 0 aromatic rings. The Labute approximate surface area is 253 Å². The van der Waals surface area contributed by atoms with Crippen molar-refractivity contribution in [2.75, 3.05) is 6.54 Å². The van der Waals surface area contributed by atoms with Crippen LogP contribution in [0.2, 0.25) is 0 Å². The van der Waals surface area contributed by atoms with Gasteiger partial charge in [0.15, 0.2) is 0 Å². The highest BCUT2D eigenvalue weighted by atomic mass is 16.5. The number of likely N-dealkylation sites (N-methyl/N-ethyl adjacent to an activating group) is 1. The van der Waals surface area contributed by atoms with E-state index in [-0.39, 0.29) is 6.10 Å². The summed E-state index contributed by atoms with van der Waals surface area (Å²) in [5.74, 6) is 5.11. The predicted octanol–water partition coefficient (Wildman–Crippen LogP) is 6.22. The third-order valence-corrected chi connectivity index (χ3v) is 14.2. The minimum Gasteiger partial charge on any atom is -0.368 e. The zero-order valence-electron chi connectivity index (χ0n) is 27.9. The van der Waals surface area contributed by atoms with Gasteiger partial charge < -0.3 is 20.7 Å². The van der Waals surface area contributed by atoms with Crippen LogP contribution in [0.4, 0.5) is 0 Å². The summed E-state index contributed by atoms with van der Waals surface area (Å²) in [5.41, 5.74) is 0. The summed E-state index contributed by atoms with van der Waals surface area (Å²) in [5, 5.41) is 13.1. The topological polar surface area (TPSA) is 48.6 Å². The molecule has 236 valence electrons. The van der Waals surface area contributed by atoms with Gasteiger partial charge in [-0.05, 0) is 67.2 Å². The van der Waals surface area contributed by atoms with E-state index in [2.05, 4.69) is 76.2 Å². The average molecular weight is 571 g/mol. The van der Waals surface area contributed by atoms with Crippen molar-refractivity contribution in [3.8, 4) is 0 Å². The van der Waals surface area contributed by atoms with Gasteiger partial charge in [0.1, 0.15) is 0 Å². The lowest BCUT2D eigenvalue weighted by Crippen LogP contribution is -2.66. The number of ether oxygens (including phenoxy) is 1. The summed E-state index contributed by atoms with van der Waals surface area (Å²) in [6.45, 7) is 20.9. The molecule has 17 atom stereocenters. The molecule has 5 heteroatoms. The van der Waals surface area contributed by atoms with E-state index in [0.29, 0.717) is 60.4 Å². The lowest BCUT2D eigenvalue weighted by Gasteiger charge is -2.48. The number of nitrogens with one attached hydrogen (secondary N) is 3. The zero-order chi connectivity index (χ0) is 29.0. The summed E-state index contributed by atoms with van der Waals surface area (Å²) < 4.78 is 7.76. The first-order chi connectivity index (χ1) is 20.0. The Morgan fingerprint density at radius 3 is 1.63 bits per heavy atom. The molecule has 0 aliphatic carbocycles. The predicted molar refractivity (Wildman–Crippen MR) is 171 cm³/mol. The van der Waals surface area contributed by atoms with E-state index in [1.54, 1.807) is 0 Å². The molecular formula is C36H66N4O. The van der Waals surface area contributed by atoms with Crippen LogP contribution < -0.4 is 16.0 Å². The Kier molecular flexibility index (Phi) is 9.51. The summed E-state index contributed by atoms with van der Waals surface area (Å²) in [4.78, 5) is 3.03. The van der Waals surface area contributed by atoms with Crippen molar-refractivity contribution in [3.05, 3.63) is 0 Å². The second kappa shape index (κ2) is 12.7. The number of rotatable bonds is 8. The van der Waals surface area contributed by atoms with Crippen molar-refractivity contribution < 1.29 is 4.74 Å². The van der Waals surface area contributed by atoms with Crippen LogP contribution in [0.5, 0.6) is 0 Å². The highest BCUT2D eigenvalue weighted by molar-refractivity contribution is 5.17. The number of morpholine rings is 1. The molecule has 0 radical (unpaired) electrons. The summed E-state index contributed by atoms with van der Waals surface area (Å²) in [7, 11) is 0. The molecule has 41 heavy (non-hydrogen) atoms. The molecule has 0 aromatic carbocycles. The minimum absolute atomic E-state index is 0.287. The maximum Gasteiger partial charge on any atom is 0.0894 e. The summed E-state index contributed by atoms with van der Waals surface area (Å²) in [6, 6.07) is 4.61. The van der Waals surface area contributed by atoms with Gasteiger partial charge in [0, 0.05) is 48.3 Å². The minimum atomic E-state index is 0.287. The molecule has 6 heterocycles. The fourth-order valence-electron chi connectivity index (χ4n) is 12.5. The monoisotopic (exact) mass is 571 g/mol. The number of fused-ring (bicyclic) bond motifs is 14. The maximum absolute atomic E-state index is 7.76. The SMILES string of the molecule is CCC1CC2NC1C1OC(C3NC1C(CC)C3CC)C1C(CC)C(CC)C(C(CC)C3CCC(N3)C2CC)N1CC. The zero-order valence-corrected chi connectivity index (χ0v) is 27.9. The lowest BCUT2D eigenvalue weighted by atomic mass is 9.74. The molecule has 0 spiro atoms. The van der Waals surface area contributed by atoms with Crippen molar-refractivity contribution >= 4 is 0 Å². The maximum atomic E-state index is 7.76. The van der Waals surface area contributed by atoms with Gasteiger partial charge in [0.25, 0.3) is 0 Å². The van der Waals surface area contributed by atoms with Crippen molar-refractivity contribution in [2.24, 2.45) is 41.4 Å². The number of hydrogen-bond donors (Lipinski definition) is 3. The van der Waals surface area contributed by atoms with E-state index in [0.717, 1.165) is 42.1 Å². The molecule has 3 N–H and O–H groups in total. The Hall–Kier alpha value is -0.200. The Balaban J connectivity index is 1.49. The van der Waals surface area contributed by atoms with Gasteiger partial charge in [0.05, 0.1) is 12.2 Å². The van der Waals surface area contributed by atoms with Gasteiger partial charge in [-0.1, -0.05) is 100 Å². The first-order valence-corrected chi connectivity index (χ1v) is 18.7. The van der Waals surface area contributed by atoms with Crippen LogP contribution in [0.25, 0.3) is 0 Å². The smallest absolute Gasteiger partial charge is 0.0894 e. The molecule has 6 rings (SSSR count). The average Bonchev–Trinajstić information content (AvgIpc) is 3.77. The van der Waals surface area contributed by atoms with Crippen LogP contribution in [0.3, 0.4) is 0 Å². The molecule has 6 saturated heterocycles. The fraction of sp³-hybridized carbons (Fsp3) is 1.00. The molecule has 17 unspecified atom stereocenters. The van der Waals surface area contributed by atoms with Gasteiger partial charge in [0.2, 0.25) is 0 Å². The van der Waals surface area contributed by atoms with Crippen LogP contribution in [-0.4, -0.2) is 72.0 Å². The normalized spacial score (nSPS) is 53.1. The first kappa shape index (κ1) is 30.8. The van der Waals surface area contributed by atoms with Crippen LogP contribution in [0, 0.1) is 41.4 Å². The molecule has 6 aliphatic rings. The van der Waals surface area contributed by atoms with E-state index in [1.165, 1.54) is 64.2 Å². The fourth-order valence-corrected chi connectivity index (χ4v) is 12.5. The number of nitrogens with zero attached hydrogens (tertiary/aromatic N) is 1. The quantitative estimate of drug-likeness (QED) is 0.303. The Morgan fingerprint density at radius 1 is 0.512 bits per heavy atom. The second-order valence-electron chi connectivity index (χ2n) is 15.2. The molecule has 0 saturated carbocycles. The molecule has 6 aliphatic heterocycles. The van der Waals surface area contributed by atoms with Gasteiger partial charge in [-0.25, -0.2) is 0 Å². The molecule has 5 nitrogen and oxygen atoms in total. The third kappa shape index (κ3) is 4.80. The number of hydrogen-bond acceptors (Lipinski definition) is 5. The third-order valence-electron chi connectivity index (χ3n) is 14.2. The van der Waals surface area contributed by atoms with Crippen LogP contribution >= 0.6 is 0 Å². The van der Waals surface area contributed by atoms with Crippen LogP contribution in [0.15, 0.2) is 0 Å². The largest absolute Gasteiger partial charge is 0.368 e. The molecule has 10 bridgehead atoms. The highest BCUT2D eigenvalue weighted by Gasteiger charge is 2.62. The van der Waals surface area contributed by atoms with E-state index in [9.17, 15) is 0 Å². The van der Waals surface area contributed by atoms with E-state index >= 15 is 0 Å². The highest BCUT2D eigenvalue weighted by Crippen LogP contribution is 2.52. The summed E-state index contributed by atoms with van der Waals surface area (Å²) >= 11 is 0. The van der Waals surface area contributed by atoms with Crippen molar-refractivity contribution in [3.63, 3.8) is 0 Å². The summed E-state index contributed by atoms with van der Waals surface area (Å²) in [6.07, 6.45) is 13.6. The van der Waals surface area contributed by atoms with E-state index in [4.69, 9.17) is 4.74 Å². The molecule has 6 fully saturated rings. The van der Waals surface area contributed by atoms with E-state index in [1.807, 2.05) is 0 Å². The van der Waals surface area contributed by atoms with Gasteiger partial charge in [-0.2, -0.15) is 0 Å². The Bertz CT molecular complexity index is 869. The van der Waals surface area contributed by atoms with Gasteiger partial charge >= 0.3 is 0 Å². The van der Waals surface area contributed by atoms with Crippen LogP contribution in [0.1, 0.15) is 120 Å². The van der Waals surface area contributed by atoms with Crippen molar-refractivity contribution in [2.45, 2.75) is 180 Å². The van der Waals surface area contributed by atoms with Crippen molar-refractivity contribution in [1.29, 1.82) is 0 Å². The standard InChI is InChI=1S/C36H66N4O/c1-9-20-19-29-25(14-6)27-17-18-28(37-27)26(15-7)33-23(12-4)24(13-5)34(40(33)16-8)36-32-22(11-3)21(10-2)31(39-32)35(41-36)30(20)38-29/h20-39H,9-19H2,1-8H3. The molecule has 0 amide bonds. The van der Waals surface area contributed by atoms with Gasteiger partial charge in [-0.3, -0.25) is 4.90 Å². The Morgan fingerprint density at radius 2 is 1.07 bits per heavy atom. The molecular weight excluding hydrogens is 504 g/mol. The van der Waals surface area contributed by atoms with Crippen molar-refractivity contribution in [1.82, 2.24) is 20.9 Å². The van der Waals surface area contributed by atoms with Crippen LogP contribution in [-0.2, 0) is 4.74 Å². The second-order valence-corrected chi connectivity index (χ2v) is 15.2. The van der Waals surface area contributed by atoms with E-state index < -0.39 is 0 Å². The lowest BCUT2D eigenvalue weighted by molar-refractivity contribution is -0.128. The first-order valence-electron chi connectivity index (χ1n) is 18.7. The van der Waals surface area contributed by atoms with Gasteiger partial charge in [-0.15, -0.1) is 0 Å². The molecule has 0 aromatic heterocycles.